The van der Waals surface area contributed by atoms with Crippen molar-refractivity contribution in [2.75, 3.05) is 0 Å². The molecular weight excluding hydrogens is 368 g/mol. The molecule has 1 aliphatic heterocycles. The van der Waals surface area contributed by atoms with E-state index in [-0.39, 0.29) is 48.3 Å². The molecule has 1 saturated heterocycles. The molecule has 0 aromatic rings. The summed E-state index contributed by atoms with van der Waals surface area (Å²) >= 11 is 0. The van der Waals surface area contributed by atoms with Crippen LogP contribution in [0.15, 0.2) is 36.0 Å². The van der Waals surface area contributed by atoms with Crippen LogP contribution in [0.4, 0.5) is 0 Å². The summed E-state index contributed by atoms with van der Waals surface area (Å²) in [5.41, 5.74) is 2.16. The van der Waals surface area contributed by atoms with Gasteiger partial charge >= 0.3 is 11.9 Å². The first-order chi connectivity index (χ1) is 13.8. The maximum absolute atomic E-state index is 12.5. The Labute approximate surface area is 173 Å². The number of carbonyl (C=O) groups excluding carboxylic acids is 2. The lowest BCUT2D eigenvalue weighted by molar-refractivity contribution is -0.162. The molecule has 1 unspecified atom stereocenters. The SMILES string of the molecule is C=C1C=C2C=C[C@H](C)[C@H](CC[C@@H]3C[C@@H](O)CC(=O)O3)C2[C@@H](OC(=O)[C@@H](C)CC)C1. The molecule has 5 nitrogen and oxygen atoms in total. The molecule has 3 rings (SSSR count). The number of carbonyl (C=O) groups is 2. The van der Waals surface area contributed by atoms with Gasteiger partial charge in [0.25, 0.3) is 0 Å². The molecule has 0 aromatic carbocycles. The molecule has 0 saturated carbocycles. The Hall–Kier alpha value is -1.88. The number of rotatable bonds is 6. The summed E-state index contributed by atoms with van der Waals surface area (Å²) in [6.45, 7) is 10.2. The molecule has 7 atom stereocenters. The second kappa shape index (κ2) is 9.29. The number of allylic oxidation sites excluding steroid dienone is 3. The van der Waals surface area contributed by atoms with E-state index in [0.29, 0.717) is 25.2 Å². The molecule has 0 bridgehead atoms. The van der Waals surface area contributed by atoms with E-state index in [9.17, 15) is 14.7 Å². The Morgan fingerprint density at radius 1 is 1.38 bits per heavy atom. The van der Waals surface area contributed by atoms with Gasteiger partial charge in [0, 0.05) is 18.8 Å². The first-order valence-electron chi connectivity index (χ1n) is 10.9. The van der Waals surface area contributed by atoms with Crippen LogP contribution < -0.4 is 0 Å². The highest BCUT2D eigenvalue weighted by molar-refractivity contribution is 5.72. The van der Waals surface area contributed by atoms with Crippen LogP contribution in [0.3, 0.4) is 0 Å². The third-order valence-electron chi connectivity index (χ3n) is 6.69. The monoisotopic (exact) mass is 402 g/mol. The highest BCUT2D eigenvalue weighted by Crippen LogP contribution is 2.45. The van der Waals surface area contributed by atoms with Crippen molar-refractivity contribution in [1.82, 2.24) is 0 Å². The average molecular weight is 403 g/mol. The van der Waals surface area contributed by atoms with Gasteiger partial charge in [-0.25, -0.2) is 0 Å². The summed E-state index contributed by atoms with van der Waals surface area (Å²) in [4.78, 5) is 24.2. The van der Waals surface area contributed by atoms with Gasteiger partial charge in [0.1, 0.15) is 12.2 Å². The van der Waals surface area contributed by atoms with Gasteiger partial charge in [-0.05, 0) is 36.7 Å². The predicted molar refractivity (Wildman–Crippen MR) is 111 cm³/mol. The van der Waals surface area contributed by atoms with Gasteiger partial charge in [-0.1, -0.05) is 51.2 Å². The number of aliphatic hydroxyl groups is 1. The van der Waals surface area contributed by atoms with E-state index in [1.807, 2.05) is 13.8 Å². The molecule has 0 radical (unpaired) electrons. The fourth-order valence-electron chi connectivity index (χ4n) is 4.81. The smallest absolute Gasteiger partial charge is 0.308 e. The fourth-order valence-corrected chi connectivity index (χ4v) is 4.81. The van der Waals surface area contributed by atoms with Crippen LogP contribution in [-0.2, 0) is 19.1 Å². The number of esters is 2. The lowest BCUT2D eigenvalue weighted by Gasteiger charge is -2.42. The van der Waals surface area contributed by atoms with Crippen LogP contribution in [0, 0.1) is 23.7 Å². The molecule has 0 amide bonds. The summed E-state index contributed by atoms with van der Waals surface area (Å²) in [5.74, 6) is 0.162. The highest BCUT2D eigenvalue weighted by atomic mass is 16.5. The Balaban J connectivity index is 1.75. The summed E-state index contributed by atoms with van der Waals surface area (Å²) in [6, 6.07) is 0. The van der Waals surface area contributed by atoms with E-state index >= 15 is 0 Å². The minimum absolute atomic E-state index is 0.0876. The Morgan fingerprint density at radius 3 is 2.83 bits per heavy atom. The van der Waals surface area contributed by atoms with Gasteiger partial charge in [0.2, 0.25) is 0 Å². The van der Waals surface area contributed by atoms with Crippen LogP contribution in [0.5, 0.6) is 0 Å². The lowest BCUT2D eigenvalue weighted by atomic mass is 9.66. The number of fused-ring (bicyclic) bond motifs is 1. The summed E-state index contributed by atoms with van der Waals surface area (Å²) in [7, 11) is 0. The Morgan fingerprint density at radius 2 is 2.14 bits per heavy atom. The maximum Gasteiger partial charge on any atom is 0.308 e. The highest BCUT2D eigenvalue weighted by Gasteiger charge is 2.41. The minimum atomic E-state index is -0.609. The number of hydrogen-bond acceptors (Lipinski definition) is 5. The van der Waals surface area contributed by atoms with Crippen LogP contribution in [-0.4, -0.2) is 35.4 Å². The third-order valence-corrected chi connectivity index (χ3v) is 6.69. The van der Waals surface area contributed by atoms with Gasteiger partial charge in [0.15, 0.2) is 0 Å². The van der Waals surface area contributed by atoms with E-state index in [2.05, 4.69) is 31.7 Å². The Bertz CT molecular complexity index is 706. The van der Waals surface area contributed by atoms with Crippen LogP contribution >= 0.6 is 0 Å². The number of ether oxygens (including phenoxy) is 2. The van der Waals surface area contributed by atoms with E-state index in [0.717, 1.165) is 18.4 Å². The second-order valence-corrected chi connectivity index (χ2v) is 8.98. The topological polar surface area (TPSA) is 72.8 Å². The molecule has 1 fully saturated rings. The predicted octanol–water partition coefficient (Wildman–Crippen LogP) is 4.12. The van der Waals surface area contributed by atoms with Crippen LogP contribution in [0.2, 0.25) is 0 Å². The zero-order valence-corrected chi connectivity index (χ0v) is 17.8. The van der Waals surface area contributed by atoms with Gasteiger partial charge in [-0.2, -0.15) is 0 Å². The molecule has 0 spiro atoms. The summed E-state index contributed by atoms with van der Waals surface area (Å²) < 4.78 is 11.4. The van der Waals surface area contributed by atoms with E-state index in [1.165, 1.54) is 5.57 Å². The van der Waals surface area contributed by atoms with Gasteiger partial charge < -0.3 is 14.6 Å². The van der Waals surface area contributed by atoms with Crippen molar-refractivity contribution in [3.05, 3.63) is 36.0 Å². The van der Waals surface area contributed by atoms with Gasteiger partial charge in [-0.15, -0.1) is 0 Å². The minimum Gasteiger partial charge on any atom is -0.462 e. The second-order valence-electron chi connectivity index (χ2n) is 8.98. The molecular formula is C24H34O5. The summed E-state index contributed by atoms with van der Waals surface area (Å²) in [5, 5.41) is 9.88. The molecule has 0 aromatic heterocycles. The first-order valence-corrected chi connectivity index (χ1v) is 10.9. The molecule has 2 aliphatic carbocycles. The van der Waals surface area contributed by atoms with Gasteiger partial charge in [0.05, 0.1) is 18.4 Å². The van der Waals surface area contributed by atoms with Crippen molar-refractivity contribution in [2.45, 2.75) is 77.6 Å². The molecule has 5 heteroatoms. The maximum atomic E-state index is 12.5. The van der Waals surface area contributed by atoms with Crippen LogP contribution in [0.25, 0.3) is 0 Å². The van der Waals surface area contributed by atoms with Crippen molar-refractivity contribution in [2.24, 2.45) is 23.7 Å². The van der Waals surface area contributed by atoms with Crippen LogP contribution in [0.1, 0.15) is 59.3 Å². The molecule has 3 aliphatic rings. The van der Waals surface area contributed by atoms with Crippen molar-refractivity contribution in [3.8, 4) is 0 Å². The van der Waals surface area contributed by atoms with Crippen molar-refractivity contribution in [1.29, 1.82) is 0 Å². The molecule has 1 N–H and O–H groups in total. The quantitative estimate of drug-likeness (QED) is 0.677. The standard InChI is InChI=1S/C24H34O5/c1-5-15(3)24(27)29-21-11-14(2)10-17-7-6-16(4)20(23(17)21)9-8-19-12-18(25)13-22(26)28-19/h6-7,10,15-16,18-21,23,25H,2,5,8-9,11-13H2,1,3-4H3/t15-,16-,18+,19+,20-,21-,23?/m0/s1. The van der Waals surface area contributed by atoms with E-state index in [4.69, 9.17) is 9.47 Å². The Kier molecular flexibility index (Phi) is 6.99. The molecule has 1 heterocycles. The lowest BCUT2D eigenvalue weighted by Crippen LogP contribution is -2.41. The first kappa shape index (κ1) is 21.8. The number of hydrogen-bond donors (Lipinski definition) is 1. The van der Waals surface area contributed by atoms with Crippen molar-refractivity contribution in [3.63, 3.8) is 0 Å². The van der Waals surface area contributed by atoms with Crippen molar-refractivity contribution >= 4 is 11.9 Å². The van der Waals surface area contributed by atoms with E-state index < -0.39 is 6.10 Å². The van der Waals surface area contributed by atoms with Gasteiger partial charge in [-0.3, -0.25) is 9.59 Å². The molecule has 160 valence electrons. The zero-order valence-electron chi connectivity index (χ0n) is 17.8. The normalized spacial score (nSPS) is 35.4. The van der Waals surface area contributed by atoms with Crippen molar-refractivity contribution < 1.29 is 24.2 Å². The molecule has 29 heavy (non-hydrogen) atoms. The average Bonchev–Trinajstić information content (AvgIpc) is 2.65. The number of cyclic esters (lactones) is 1. The third kappa shape index (κ3) is 5.19. The summed E-state index contributed by atoms with van der Waals surface area (Å²) in [6.07, 6.45) is 8.98. The fraction of sp³-hybridized carbons (Fsp3) is 0.667. The number of aliphatic hydroxyl groups excluding tert-OH is 1. The van der Waals surface area contributed by atoms with E-state index in [1.54, 1.807) is 0 Å². The largest absolute Gasteiger partial charge is 0.462 e. The zero-order chi connectivity index (χ0) is 21.1.